The SMILES string of the molecule is CBN1CCN2c3nc(SC)ncc3C(=O)CC2C1=O. The number of ketones is 1. The van der Waals surface area contributed by atoms with Gasteiger partial charge < -0.3 is 9.71 Å². The van der Waals surface area contributed by atoms with Crippen LogP contribution in [-0.2, 0) is 4.79 Å². The number of amides is 1. The minimum Gasteiger partial charge on any atom is -0.387 e. The number of piperazine rings is 1. The largest absolute Gasteiger partial charge is 0.387 e. The first-order valence-electron chi connectivity index (χ1n) is 6.65. The van der Waals surface area contributed by atoms with Crippen molar-refractivity contribution in [3.63, 3.8) is 0 Å². The molecule has 1 unspecified atom stereocenters. The van der Waals surface area contributed by atoms with Crippen LogP contribution >= 0.6 is 11.8 Å². The van der Waals surface area contributed by atoms with Crippen molar-refractivity contribution in [1.29, 1.82) is 0 Å². The van der Waals surface area contributed by atoms with E-state index in [0.717, 1.165) is 6.54 Å². The number of aromatic nitrogens is 2. The van der Waals surface area contributed by atoms with Crippen molar-refractivity contribution < 1.29 is 9.59 Å². The van der Waals surface area contributed by atoms with Gasteiger partial charge >= 0.3 is 0 Å². The van der Waals surface area contributed by atoms with Gasteiger partial charge in [0, 0.05) is 25.7 Å². The van der Waals surface area contributed by atoms with Crippen LogP contribution in [0.5, 0.6) is 0 Å². The van der Waals surface area contributed by atoms with Crippen molar-refractivity contribution in [2.45, 2.75) is 24.4 Å². The predicted octanol–water partition coefficient (Wildman–Crippen LogP) is 0.202. The summed E-state index contributed by atoms with van der Waals surface area (Å²) in [5.41, 5.74) is 0.539. The van der Waals surface area contributed by atoms with E-state index in [1.807, 2.05) is 18.0 Å². The van der Waals surface area contributed by atoms with E-state index < -0.39 is 6.04 Å². The Labute approximate surface area is 122 Å². The molecular weight excluding hydrogens is 275 g/mol. The maximum Gasteiger partial charge on any atom is 0.236 e. The lowest BCUT2D eigenvalue weighted by Crippen LogP contribution is -2.60. The molecular formula is C12H15BN4O2S. The van der Waals surface area contributed by atoms with Gasteiger partial charge in [-0.05, 0) is 6.26 Å². The number of carbonyl (C=O) groups excluding carboxylic acids is 2. The molecule has 2 aliphatic heterocycles. The van der Waals surface area contributed by atoms with Gasteiger partial charge in [-0.1, -0.05) is 18.6 Å². The number of fused-ring (bicyclic) bond motifs is 3. The first kappa shape index (κ1) is 13.4. The number of carbonyl (C=O) groups is 2. The Hall–Kier alpha value is -1.57. The van der Waals surface area contributed by atoms with E-state index in [-0.39, 0.29) is 18.1 Å². The van der Waals surface area contributed by atoms with Gasteiger partial charge in [-0.2, -0.15) is 0 Å². The molecule has 1 amide bonds. The molecule has 0 aliphatic carbocycles. The molecule has 1 fully saturated rings. The first-order valence-corrected chi connectivity index (χ1v) is 7.87. The van der Waals surface area contributed by atoms with E-state index in [4.69, 9.17) is 0 Å². The standard InChI is InChI=1S/C12H15BN4O2S/c1-13-17-4-3-16-8(11(17)19)5-9(18)7-6-14-12(20-2)15-10(7)16/h6,8,13H,3-5H2,1-2H3. The van der Waals surface area contributed by atoms with E-state index >= 15 is 0 Å². The molecule has 6 nitrogen and oxygen atoms in total. The van der Waals surface area contributed by atoms with Crippen LogP contribution in [0.3, 0.4) is 0 Å². The third-order valence-corrected chi connectivity index (χ3v) is 4.41. The highest BCUT2D eigenvalue weighted by molar-refractivity contribution is 7.98. The zero-order valence-corrected chi connectivity index (χ0v) is 12.3. The first-order chi connectivity index (χ1) is 9.65. The zero-order chi connectivity index (χ0) is 14.3. The van der Waals surface area contributed by atoms with Gasteiger partial charge in [0.1, 0.15) is 11.9 Å². The third-order valence-electron chi connectivity index (χ3n) is 3.85. The minimum atomic E-state index is -0.395. The fourth-order valence-corrected chi connectivity index (χ4v) is 3.10. The summed E-state index contributed by atoms with van der Waals surface area (Å²) in [7, 11) is 0.685. The fourth-order valence-electron chi connectivity index (χ4n) is 2.76. The Morgan fingerprint density at radius 1 is 1.40 bits per heavy atom. The summed E-state index contributed by atoms with van der Waals surface area (Å²) in [6.45, 7) is 3.35. The van der Waals surface area contributed by atoms with Crippen molar-refractivity contribution >= 4 is 36.7 Å². The van der Waals surface area contributed by atoms with Gasteiger partial charge in [0.2, 0.25) is 13.3 Å². The second kappa shape index (κ2) is 5.08. The Bertz CT molecular complexity index is 583. The number of thioether (sulfide) groups is 1. The van der Waals surface area contributed by atoms with Crippen LogP contribution in [0.1, 0.15) is 16.8 Å². The second-order valence-corrected chi connectivity index (χ2v) is 5.62. The molecule has 1 saturated heterocycles. The summed E-state index contributed by atoms with van der Waals surface area (Å²) in [5.74, 6) is 0.608. The lowest BCUT2D eigenvalue weighted by atomic mass is 9.88. The quantitative estimate of drug-likeness (QED) is 0.440. The van der Waals surface area contributed by atoms with Crippen LogP contribution in [0.25, 0.3) is 0 Å². The van der Waals surface area contributed by atoms with E-state index in [0.29, 0.717) is 30.5 Å². The van der Waals surface area contributed by atoms with Crippen LogP contribution in [0.4, 0.5) is 5.82 Å². The molecule has 104 valence electrons. The van der Waals surface area contributed by atoms with Crippen LogP contribution in [-0.4, -0.2) is 59.3 Å². The smallest absolute Gasteiger partial charge is 0.236 e. The maximum absolute atomic E-state index is 12.4. The molecule has 0 spiro atoms. The molecule has 0 aromatic carbocycles. The summed E-state index contributed by atoms with van der Waals surface area (Å²) >= 11 is 1.43. The molecule has 1 aromatic heterocycles. The van der Waals surface area contributed by atoms with Crippen LogP contribution in [0.15, 0.2) is 11.4 Å². The molecule has 0 bridgehead atoms. The molecule has 3 heterocycles. The van der Waals surface area contributed by atoms with E-state index in [9.17, 15) is 9.59 Å². The summed E-state index contributed by atoms with van der Waals surface area (Å²) in [5, 5.41) is 0.627. The van der Waals surface area contributed by atoms with Crippen LogP contribution < -0.4 is 4.90 Å². The maximum atomic E-state index is 12.4. The van der Waals surface area contributed by atoms with Crippen molar-refractivity contribution in [3.05, 3.63) is 11.8 Å². The predicted molar refractivity (Wildman–Crippen MR) is 78.6 cm³/mol. The Morgan fingerprint density at radius 2 is 2.20 bits per heavy atom. The van der Waals surface area contributed by atoms with Gasteiger partial charge in [0.15, 0.2) is 10.9 Å². The highest BCUT2D eigenvalue weighted by Crippen LogP contribution is 2.32. The lowest BCUT2D eigenvalue weighted by Gasteiger charge is -2.43. The second-order valence-electron chi connectivity index (χ2n) is 4.85. The molecule has 1 aromatic rings. The van der Waals surface area contributed by atoms with Crippen molar-refractivity contribution in [3.8, 4) is 0 Å². The molecule has 0 radical (unpaired) electrons. The third kappa shape index (κ3) is 1.98. The topological polar surface area (TPSA) is 66.4 Å². The van der Waals surface area contributed by atoms with Gasteiger partial charge in [-0.15, -0.1) is 0 Å². The molecule has 0 N–H and O–H groups in total. The summed E-state index contributed by atoms with van der Waals surface area (Å²) < 4.78 is 0. The molecule has 1 atom stereocenters. The molecule has 8 heteroatoms. The van der Waals surface area contributed by atoms with E-state index in [2.05, 4.69) is 9.97 Å². The van der Waals surface area contributed by atoms with Crippen LogP contribution in [0, 0.1) is 0 Å². The van der Waals surface area contributed by atoms with Crippen molar-refractivity contribution in [1.82, 2.24) is 14.8 Å². The Morgan fingerprint density at radius 3 is 2.90 bits per heavy atom. The van der Waals surface area contributed by atoms with E-state index in [1.165, 1.54) is 11.8 Å². The zero-order valence-electron chi connectivity index (χ0n) is 11.5. The highest BCUT2D eigenvalue weighted by atomic mass is 32.2. The van der Waals surface area contributed by atoms with E-state index in [1.54, 1.807) is 11.0 Å². The summed E-state index contributed by atoms with van der Waals surface area (Å²) in [4.78, 5) is 36.9. The van der Waals surface area contributed by atoms with Gasteiger partial charge in [-0.3, -0.25) is 9.59 Å². The molecule has 0 saturated carbocycles. The highest BCUT2D eigenvalue weighted by Gasteiger charge is 2.41. The normalized spacial score (nSPS) is 21.6. The number of Topliss-reactive ketones (excluding diaryl/α,β-unsaturated/α-hetero) is 1. The van der Waals surface area contributed by atoms with Crippen LogP contribution in [0.2, 0.25) is 6.82 Å². The Kier molecular flexibility index (Phi) is 3.41. The number of nitrogens with zero attached hydrogens (tertiary/aromatic N) is 4. The van der Waals surface area contributed by atoms with Crippen molar-refractivity contribution in [2.75, 3.05) is 24.2 Å². The number of hydrogen-bond acceptors (Lipinski definition) is 6. The fraction of sp³-hybridized carbons (Fsp3) is 0.500. The monoisotopic (exact) mass is 290 g/mol. The average Bonchev–Trinajstić information content (AvgIpc) is 2.48. The number of hydrogen-bond donors (Lipinski definition) is 0. The van der Waals surface area contributed by atoms with Gasteiger partial charge in [-0.25, -0.2) is 9.97 Å². The number of rotatable bonds is 2. The van der Waals surface area contributed by atoms with Crippen molar-refractivity contribution in [2.24, 2.45) is 0 Å². The molecule has 20 heavy (non-hydrogen) atoms. The number of anilines is 1. The minimum absolute atomic E-state index is 0.0297. The lowest BCUT2D eigenvalue weighted by molar-refractivity contribution is -0.129. The Balaban J connectivity index is 2.02. The summed E-state index contributed by atoms with van der Waals surface area (Å²) in [6, 6.07) is -0.395. The summed E-state index contributed by atoms with van der Waals surface area (Å²) in [6.07, 6.45) is 3.71. The molecule has 2 aliphatic rings. The van der Waals surface area contributed by atoms with Gasteiger partial charge in [0.05, 0.1) is 5.56 Å². The molecule has 3 rings (SSSR count). The average molecular weight is 290 g/mol. The van der Waals surface area contributed by atoms with Gasteiger partial charge in [0.25, 0.3) is 0 Å².